The van der Waals surface area contributed by atoms with Crippen LogP contribution in [-0.2, 0) is 6.42 Å². The number of hydrogen-bond donors (Lipinski definition) is 1. The van der Waals surface area contributed by atoms with Crippen molar-refractivity contribution in [3.05, 3.63) is 90.1 Å². The molecule has 0 bridgehead atoms. The second kappa shape index (κ2) is 15.0. The van der Waals surface area contributed by atoms with Crippen LogP contribution in [0, 0.1) is 5.92 Å². The van der Waals surface area contributed by atoms with Gasteiger partial charge in [-0.2, -0.15) is 0 Å². The molecule has 2 aromatic rings. The molecule has 216 valence electrons. The molecule has 0 saturated heterocycles. The lowest BCUT2D eigenvalue weighted by Gasteiger charge is -2.38. The zero-order chi connectivity index (χ0) is 29.2. The van der Waals surface area contributed by atoms with Crippen molar-refractivity contribution in [3.8, 4) is 11.1 Å². The number of pyridine rings is 1. The highest BCUT2D eigenvalue weighted by molar-refractivity contribution is 5.90. The van der Waals surface area contributed by atoms with Gasteiger partial charge >= 0.3 is 0 Å². The third-order valence-corrected chi connectivity index (χ3v) is 7.57. The summed E-state index contributed by atoms with van der Waals surface area (Å²) in [7, 11) is 0. The highest BCUT2D eigenvalue weighted by atomic mass is 15.2. The minimum absolute atomic E-state index is 0.473. The van der Waals surface area contributed by atoms with Gasteiger partial charge in [0.25, 0.3) is 0 Å². The van der Waals surface area contributed by atoms with E-state index < -0.39 is 0 Å². The van der Waals surface area contributed by atoms with Gasteiger partial charge < -0.3 is 15.1 Å². The van der Waals surface area contributed by atoms with E-state index in [0.717, 1.165) is 98.7 Å². The topological polar surface area (TPSA) is 31.4 Å². The average molecular weight is 541 g/mol. The Bertz CT molecular complexity index is 1200. The number of hydrogen-bond acceptors (Lipinski definition) is 4. The lowest BCUT2D eigenvalue weighted by atomic mass is 9.85. The summed E-state index contributed by atoms with van der Waals surface area (Å²) in [6, 6.07) is 11.2. The molecule has 40 heavy (non-hydrogen) atoms. The largest absolute Gasteiger partial charge is 0.359 e. The van der Waals surface area contributed by atoms with E-state index in [1.54, 1.807) is 0 Å². The van der Waals surface area contributed by atoms with E-state index in [-0.39, 0.29) is 0 Å². The van der Waals surface area contributed by atoms with Crippen molar-refractivity contribution in [1.29, 1.82) is 0 Å². The summed E-state index contributed by atoms with van der Waals surface area (Å²) < 4.78 is 0. The van der Waals surface area contributed by atoms with E-state index in [1.165, 1.54) is 22.3 Å². The Kier molecular flexibility index (Phi) is 11.8. The number of fused-ring (bicyclic) bond motifs is 1. The molecule has 0 aliphatic carbocycles. The minimum atomic E-state index is 0.473. The van der Waals surface area contributed by atoms with Gasteiger partial charge in [-0.3, -0.25) is 0 Å². The highest BCUT2D eigenvalue weighted by Gasteiger charge is 2.31. The normalized spacial score (nSPS) is 13.3. The van der Waals surface area contributed by atoms with Gasteiger partial charge in [0.2, 0.25) is 0 Å². The first-order valence-corrected chi connectivity index (χ1v) is 15.4. The van der Waals surface area contributed by atoms with Crippen LogP contribution in [0.4, 0.5) is 5.82 Å². The zero-order valence-corrected chi connectivity index (χ0v) is 26.1. The first-order valence-electron chi connectivity index (χ1n) is 15.4. The van der Waals surface area contributed by atoms with Crippen LogP contribution in [0.25, 0.3) is 16.7 Å². The molecule has 1 aromatic heterocycles. The molecule has 3 rings (SSSR count). The van der Waals surface area contributed by atoms with Crippen molar-refractivity contribution in [3.63, 3.8) is 0 Å². The van der Waals surface area contributed by atoms with Gasteiger partial charge in [-0.25, -0.2) is 4.98 Å². The number of benzene rings is 1. The Labute approximate surface area is 244 Å². The molecule has 0 saturated carbocycles. The zero-order valence-electron chi connectivity index (χ0n) is 26.1. The lowest BCUT2D eigenvalue weighted by molar-refractivity contribution is 0.281. The standard InChI is InChI=1S/C36H52N4/c1-10-14-27(7)38-28(8)35-29(9)40(22-21-39(19-11-2)20-12-3)36-34(33(35)23-26(5)6)24-32(25-37-36)31-17-15-30(13-4)16-18-31/h15-18,24-26,38H,7-14,19-23H2,1-6H3. The van der Waals surface area contributed by atoms with E-state index in [9.17, 15) is 0 Å². The van der Waals surface area contributed by atoms with Crippen molar-refractivity contribution in [2.75, 3.05) is 31.1 Å². The molecule has 0 unspecified atom stereocenters. The van der Waals surface area contributed by atoms with Crippen LogP contribution in [-0.4, -0.2) is 36.1 Å². The lowest BCUT2D eigenvalue weighted by Crippen LogP contribution is -2.38. The fourth-order valence-electron chi connectivity index (χ4n) is 5.62. The van der Waals surface area contributed by atoms with Crippen LogP contribution in [0.1, 0.15) is 84.8 Å². The molecule has 1 aromatic carbocycles. The quantitative estimate of drug-likeness (QED) is 0.230. The molecular formula is C36H52N4. The van der Waals surface area contributed by atoms with Gasteiger partial charge in [-0.05, 0) is 73.9 Å². The van der Waals surface area contributed by atoms with Crippen LogP contribution in [0.5, 0.6) is 0 Å². The fourth-order valence-corrected chi connectivity index (χ4v) is 5.62. The van der Waals surface area contributed by atoms with E-state index in [1.807, 2.05) is 6.20 Å². The second-order valence-corrected chi connectivity index (χ2v) is 11.5. The number of nitrogens with one attached hydrogen (secondary N) is 1. The molecule has 0 spiro atoms. The van der Waals surface area contributed by atoms with E-state index >= 15 is 0 Å². The van der Waals surface area contributed by atoms with Gasteiger partial charge in [0.05, 0.1) is 0 Å². The van der Waals surface area contributed by atoms with Crippen molar-refractivity contribution in [2.45, 2.75) is 80.1 Å². The van der Waals surface area contributed by atoms with E-state index in [2.05, 4.69) is 107 Å². The van der Waals surface area contributed by atoms with E-state index in [0.29, 0.717) is 5.92 Å². The summed E-state index contributed by atoms with van der Waals surface area (Å²) in [6.07, 6.45) is 8.26. The van der Waals surface area contributed by atoms with Crippen molar-refractivity contribution < 1.29 is 0 Å². The Balaban J connectivity index is 2.14. The summed E-state index contributed by atoms with van der Waals surface area (Å²) in [5.74, 6) is 1.48. The Morgan fingerprint density at radius 2 is 1.62 bits per heavy atom. The molecule has 4 nitrogen and oxygen atoms in total. The predicted molar refractivity (Wildman–Crippen MR) is 175 cm³/mol. The number of rotatable bonds is 16. The highest BCUT2D eigenvalue weighted by Crippen LogP contribution is 2.44. The summed E-state index contributed by atoms with van der Waals surface area (Å²) in [6.45, 7) is 30.9. The van der Waals surface area contributed by atoms with Gasteiger partial charge in [0, 0.05) is 53.1 Å². The Morgan fingerprint density at radius 3 is 2.20 bits per heavy atom. The predicted octanol–water partition coefficient (Wildman–Crippen LogP) is 8.98. The molecule has 0 amide bonds. The van der Waals surface area contributed by atoms with Gasteiger partial charge in [0.1, 0.15) is 5.82 Å². The smallest absolute Gasteiger partial charge is 0.140 e. The summed E-state index contributed by atoms with van der Waals surface area (Å²) in [4.78, 5) is 10.0. The van der Waals surface area contributed by atoms with Gasteiger partial charge in [-0.1, -0.05) is 92.0 Å². The third-order valence-electron chi connectivity index (χ3n) is 7.57. The monoisotopic (exact) mass is 540 g/mol. The molecule has 1 aliphatic rings. The summed E-state index contributed by atoms with van der Waals surface area (Å²) in [5, 5.41) is 3.53. The maximum absolute atomic E-state index is 5.13. The maximum atomic E-state index is 5.13. The van der Waals surface area contributed by atoms with Crippen molar-refractivity contribution >= 4 is 11.4 Å². The van der Waals surface area contributed by atoms with Crippen molar-refractivity contribution in [1.82, 2.24) is 15.2 Å². The number of anilines is 1. The maximum Gasteiger partial charge on any atom is 0.140 e. The second-order valence-electron chi connectivity index (χ2n) is 11.5. The van der Waals surface area contributed by atoms with Crippen molar-refractivity contribution in [2.24, 2.45) is 5.92 Å². The molecule has 4 heteroatoms. The summed E-state index contributed by atoms with van der Waals surface area (Å²) in [5.41, 5.74) is 10.1. The van der Waals surface area contributed by atoms with E-state index in [4.69, 9.17) is 4.98 Å². The SMILES string of the molecule is C=C(CCC)NC(=C)C1=C(CC(C)C)c2cc(-c3ccc(CC)cc3)cnc2N(CCN(CCC)CCC)C1=C. The molecule has 0 radical (unpaired) electrons. The molecule has 0 fully saturated rings. The van der Waals surface area contributed by atoms with Gasteiger partial charge in [0.15, 0.2) is 0 Å². The molecule has 2 heterocycles. The Hall–Kier alpha value is -3.11. The van der Waals surface area contributed by atoms with Crippen LogP contribution < -0.4 is 10.2 Å². The fraction of sp³-hybridized carbons (Fsp3) is 0.472. The first kappa shape index (κ1) is 31.4. The number of aromatic nitrogens is 1. The van der Waals surface area contributed by atoms with Gasteiger partial charge in [-0.15, -0.1) is 0 Å². The minimum Gasteiger partial charge on any atom is -0.359 e. The summed E-state index contributed by atoms with van der Waals surface area (Å²) >= 11 is 0. The third kappa shape index (κ3) is 7.75. The number of nitrogens with zero attached hydrogens (tertiary/aromatic N) is 3. The molecule has 1 aliphatic heterocycles. The first-order chi connectivity index (χ1) is 19.2. The average Bonchev–Trinajstić information content (AvgIpc) is 2.92. The number of allylic oxidation sites excluding steroid dienone is 2. The van der Waals surface area contributed by atoms with Crippen LogP contribution >= 0.6 is 0 Å². The molecular weight excluding hydrogens is 488 g/mol. The Morgan fingerprint density at radius 1 is 0.950 bits per heavy atom. The number of aryl methyl sites for hydroxylation is 1. The van der Waals surface area contributed by atoms with Crippen LogP contribution in [0.3, 0.4) is 0 Å². The van der Waals surface area contributed by atoms with Crippen LogP contribution in [0.15, 0.2) is 78.9 Å². The molecule has 1 N–H and O–H groups in total. The van der Waals surface area contributed by atoms with Crippen LogP contribution in [0.2, 0.25) is 0 Å². The molecule has 0 atom stereocenters.